The van der Waals surface area contributed by atoms with E-state index in [1.807, 2.05) is 37.4 Å². The molecule has 0 bridgehead atoms. The number of hydrogen-bond acceptors (Lipinski definition) is 9. The Kier molecular flexibility index (Phi) is 6.92. The van der Waals surface area contributed by atoms with Crippen LogP contribution in [0.3, 0.4) is 0 Å². The number of anilines is 4. The first-order valence-corrected chi connectivity index (χ1v) is 11.4. The molecule has 0 amide bonds. The van der Waals surface area contributed by atoms with Gasteiger partial charge in [-0.15, -0.1) is 11.8 Å². The number of aromatic nitrogens is 4. The van der Waals surface area contributed by atoms with Crippen LogP contribution < -0.4 is 15.4 Å². The molecule has 3 N–H and O–H groups in total. The Balaban J connectivity index is 1.65. The molecule has 9 nitrogen and oxygen atoms in total. The maximum atomic E-state index is 9.47. The molecule has 4 aromatic rings. The lowest BCUT2D eigenvalue weighted by Gasteiger charge is -2.13. The van der Waals surface area contributed by atoms with Crippen LogP contribution in [0.1, 0.15) is 11.5 Å². The molecule has 33 heavy (non-hydrogen) atoms. The van der Waals surface area contributed by atoms with Gasteiger partial charge in [0.1, 0.15) is 35.7 Å². The van der Waals surface area contributed by atoms with Crippen molar-refractivity contribution in [2.24, 2.45) is 0 Å². The predicted molar refractivity (Wildman–Crippen MR) is 130 cm³/mol. The second-order valence-corrected chi connectivity index (χ2v) is 7.87. The lowest BCUT2D eigenvalue weighted by molar-refractivity contribution is 0.146. The molecule has 0 fully saturated rings. The van der Waals surface area contributed by atoms with Gasteiger partial charge in [-0.1, -0.05) is 12.1 Å². The second kappa shape index (κ2) is 10.2. The summed E-state index contributed by atoms with van der Waals surface area (Å²) in [6.45, 7) is 2.65. The Morgan fingerprint density at radius 3 is 2.67 bits per heavy atom. The first kappa shape index (κ1) is 22.4. The van der Waals surface area contributed by atoms with E-state index in [9.17, 15) is 5.26 Å². The fourth-order valence-electron chi connectivity index (χ4n) is 3.24. The minimum atomic E-state index is 0.182. The van der Waals surface area contributed by atoms with Crippen LogP contribution in [0.2, 0.25) is 0 Å². The zero-order valence-electron chi connectivity index (χ0n) is 18.5. The molecule has 1 aromatic carbocycles. The van der Waals surface area contributed by atoms with Crippen molar-refractivity contribution < 1.29 is 9.47 Å². The molecule has 4 rings (SSSR count). The largest absolute Gasteiger partial charge is 0.488 e. The van der Waals surface area contributed by atoms with E-state index in [1.54, 1.807) is 31.0 Å². The average molecular weight is 462 g/mol. The van der Waals surface area contributed by atoms with E-state index >= 15 is 0 Å². The summed E-state index contributed by atoms with van der Waals surface area (Å²) in [5.41, 5.74) is 3.34. The van der Waals surface area contributed by atoms with Gasteiger partial charge in [-0.05, 0) is 37.4 Å². The van der Waals surface area contributed by atoms with Crippen molar-refractivity contribution in [1.82, 2.24) is 19.9 Å². The topological polar surface area (TPSA) is 121 Å². The van der Waals surface area contributed by atoms with Crippen LogP contribution >= 0.6 is 11.8 Å². The van der Waals surface area contributed by atoms with Crippen LogP contribution in [-0.2, 0) is 4.74 Å². The van der Waals surface area contributed by atoms with E-state index in [0.29, 0.717) is 36.2 Å². The fourth-order valence-corrected chi connectivity index (χ4v) is 3.79. The highest BCUT2D eigenvalue weighted by Gasteiger charge is 2.13. The number of methoxy groups -OCH3 is 1. The maximum Gasteiger partial charge on any atom is 0.184 e. The van der Waals surface area contributed by atoms with Gasteiger partial charge in [-0.2, -0.15) is 5.26 Å². The number of nitrogens with one attached hydrogen (secondary N) is 3. The number of pyridine rings is 2. The number of H-pyrrole nitrogens is 1. The molecule has 0 aliphatic rings. The number of imidazole rings is 1. The third-order valence-electron chi connectivity index (χ3n) is 4.71. The molecule has 0 spiro atoms. The van der Waals surface area contributed by atoms with E-state index in [1.165, 1.54) is 0 Å². The third-order valence-corrected chi connectivity index (χ3v) is 5.51. The summed E-state index contributed by atoms with van der Waals surface area (Å²) in [6, 6.07) is 15.5. The summed E-state index contributed by atoms with van der Waals surface area (Å²) in [6.07, 6.45) is 2.04. The van der Waals surface area contributed by atoms with Crippen LogP contribution in [0.25, 0.3) is 11.2 Å². The van der Waals surface area contributed by atoms with Gasteiger partial charge in [0.15, 0.2) is 17.1 Å². The van der Waals surface area contributed by atoms with Crippen molar-refractivity contribution in [3.05, 3.63) is 54.0 Å². The number of benzene rings is 1. The van der Waals surface area contributed by atoms with Gasteiger partial charge in [-0.25, -0.2) is 15.0 Å². The van der Waals surface area contributed by atoms with Crippen LogP contribution in [0.4, 0.5) is 23.0 Å². The smallest absolute Gasteiger partial charge is 0.184 e. The standard InChI is InChI=1S/C23H23N7O2S/c1-14-25-22-16(27-15-6-4-5-7-19(15)33-3)12-21(30-23(22)26-14)29-20-9-8-18(17(13-24)28-20)32-11-10-31-2/h4-9,12H,10-11H2,1-3H3,(H3,25,26,27,28,29,30). The zero-order valence-corrected chi connectivity index (χ0v) is 19.3. The molecule has 168 valence electrons. The molecule has 0 unspecified atom stereocenters. The third kappa shape index (κ3) is 5.16. The molecular weight excluding hydrogens is 438 g/mol. The fraction of sp³-hybridized carbons (Fsp3) is 0.217. The lowest BCUT2D eigenvalue weighted by Crippen LogP contribution is -2.07. The molecular formula is C23H23N7O2S. The van der Waals surface area contributed by atoms with Crippen LogP contribution in [0.15, 0.2) is 47.4 Å². The molecule has 0 saturated heterocycles. The SMILES string of the molecule is COCCOc1ccc(Nc2cc(Nc3ccccc3SC)c3nc(C)[nH]c3n2)nc1C#N. The number of nitriles is 1. The maximum absolute atomic E-state index is 9.47. The Morgan fingerprint density at radius 1 is 1.03 bits per heavy atom. The van der Waals surface area contributed by atoms with Crippen molar-refractivity contribution in [3.8, 4) is 11.8 Å². The first-order valence-electron chi connectivity index (χ1n) is 10.2. The van der Waals surface area contributed by atoms with Crippen LogP contribution in [0, 0.1) is 18.3 Å². The minimum absolute atomic E-state index is 0.182. The van der Waals surface area contributed by atoms with Crippen molar-refractivity contribution in [1.29, 1.82) is 5.26 Å². The quantitative estimate of drug-likeness (QED) is 0.239. The van der Waals surface area contributed by atoms with Gasteiger partial charge in [0.2, 0.25) is 0 Å². The number of aryl methyl sites for hydroxylation is 1. The molecule has 0 radical (unpaired) electrons. The van der Waals surface area contributed by atoms with E-state index in [-0.39, 0.29) is 5.69 Å². The Morgan fingerprint density at radius 2 is 1.88 bits per heavy atom. The number of para-hydroxylation sites is 1. The van der Waals surface area contributed by atoms with E-state index in [4.69, 9.17) is 9.47 Å². The second-order valence-electron chi connectivity index (χ2n) is 7.02. The van der Waals surface area contributed by atoms with E-state index in [2.05, 4.69) is 42.7 Å². The van der Waals surface area contributed by atoms with Gasteiger partial charge in [0.05, 0.1) is 18.0 Å². The minimum Gasteiger partial charge on any atom is -0.488 e. The summed E-state index contributed by atoms with van der Waals surface area (Å²) in [5, 5.41) is 16.1. The average Bonchev–Trinajstić information content (AvgIpc) is 3.20. The van der Waals surface area contributed by atoms with Crippen molar-refractivity contribution in [2.45, 2.75) is 11.8 Å². The number of rotatable bonds is 9. The normalized spacial score (nSPS) is 10.7. The number of hydrogen-bond donors (Lipinski definition) is 3. The number of nitrogens with zero attached hydrogens (tertiary/aromatic N) is 4. The molecule has 0 saturated carbocycles. The van der Waals surface area contributed by atoms with Gasteiger partial charge < -0.3 is 25.1 Å². The zero-order chi connectivity index (χ0) is 23.2. The van der Waals surface area contributed by atoms with Crippen LogP contribution in [-0.4, -0.2) is 46.5 Å². The van der Waals surface area contributed by atoms with Gasteiger partial charge in [0.25, 0.3) is 0 Å². The van der Waals surface area contributed by atoms with Gasteiger partial charge in [0, 0.05) is 18.1 Å². The summed E-state index contributed by atoms with van der Waals surface area (Å²) >= 11 is 1.66. The highest BCUT2D eigenvalue weighted by Crippen LogP contribution is 2.32. The molecule has 0 aliphatic heterocycles. The van der Waals surface area contributed by atoms with E-state index < -0.39 is 0 Å². The lowest BCUT2D eigenvalue weighted by atomic mass is 10.2. The highest BCUT2D eigenvalue weighted by molar-refractivity contribution is 7.98. The van der Waals surface area contributed by atoms with Gasteiger partial charge in [-0.3, -0.25) is 0 Å². The number of ether oxygens (including phenoxy) is 2. The first-order chi connectivity index (χ1) is 16.1. The molecule has 0 aliphatic carbocycles. The summed E-state index contributed by atoms with van der Waals surface area (Å²) < 4.78 is 10.5. The Labute approximate surface area is 195 Å². The number of aromatic amines is 1. The summed E-state index contributed by atoms with van der Waals surface area (Å²) in [4.78, 5) is 17.9. The summed E-state index contributed by atoms with van der Waals surface area (Å²) in [7, 11) is 1.59. The number of thioether (sulfide) groups is 1. The van der Waals surface area contributed by atoms with Crippen molar-refractivity contribution in [2.75, 3.05) is 37.2 Å². The Bertz CT molecular complexity index is 1320. The molecule has 3 aromatic heterocycles. The molecule has 0 atom stereocenters. The Hall–Kier alpha value is -3.81. The highest BCUT2D eigenvalue weighted by atomic mass is 32.2. The molecule has 10 heteroatoms. The van der Waals surface area contributed by atoms with E-state index in [0.717, 1.165) is 27.6 Å². The van der Waals surface area contributed by atoms with Crippen molar-refractivity contribution in [3.63, 3.8) is 0 Å². The van der Waals surface area contributed by atoms with Crippen molar-refractivity contribution >= 4 is 45.9 Å². The number of fused-ring (bicyclic) bond motifs is 1. The summed E-state index contributed by atoms with van der Waals surface area (Å²) in [5.74, 6) is 2.20. The molecule has 3 heterocycles. The van der Waals surface area contributed by atoms with Crippen LogP contribution in [0.5, 0.6) is 5.75 Å². The van der Waals surface area contributed by atoms with Gasteiger partial charge >= 0.3 is 0 Å². The monoisotopic (exact) mass is 461 g/mol. The predicted octanol–water partition coefficient (Wildman–Crippen LogP) is 4.77.